The first-order chi connectivity index (χ1) is 7.00. The highest BCUT2D eigenvalue weighted by molar-refractivity contribution is 6.11. The number of carbonyl (C=O) groups excluding carboxylic acids is 2. The van der Waals surface area contributed by atoms with Crippen LogP contribution < -0.4 is 5.32 Å². The zero-order chi connectivity index (χ0) is 11.1. The monoisotopic (exact) mass is 203 g/mol. The third-order valence-electron chi connectivity index (χ3n) is 2.69. The third-order valence-corrected chi connectivity index (χ3v) is 2.69. The molecule has 78 valence electrons. The maximum Gasteiger partial charge on any atom is 0.230 e. The first kappa shape index (κ1) is 9.90. The van der Waals surface area contributed by atoms with Crippen molar-refractivity contribution in [2.75, 3.05) is 5.32 Å². The predicted molar refractivity (Wildman–Crippen MR) is 57.8 cm³/mol. The second kappa shape index (κ2) is 3.19. The van der Waals surface area contributed by atoms with Crippen LogP contribution in [0.25, 0.3) is 0 Å². The summed E-state index contributed by atoms with van der Waals surface area (Å²) < 4.78 is 0. The Morgan fingerprint density at radius 3 is 2.60 bits per heavy atom. The van der Waals surface area contributed by atoms with Crippen molar-refractivity contribution >= 4 is 17.4 Å². The quantitative estimate of drug-likeness (QED) is 0.702. The average Bonchev–Trinajstić information content (AvgIpc) is 2.24. The van der Waals surface area contributed by atoms with Crippen LogP contribution in [0.3, 0.4) is 0 Å². The van der Waals surface area contributed by atoms with E-state index in [9.17, 15) is 9.59 Å². The molecule has 0 radical (unpaired) electrons. The van der Waals surface area contributed by atoms with Crippen LogP contribution in [0.2, 0.25) is 0 Å². The van der Waals surface area contributed by atoms with E-state index < -0.39 is 5.41 Å². The van der Waals surface area contributed by atoms with E-state index >= 15 is 0 Å². The Hall–Kier alpha value is -1.64. The van der Waals surface area contributed by atoms with E-state index in [0.717, 1.165) is 0 Å². The molecule has 1 aromatic carbocycles. The van der Waals surface area contributed by atoms with Crippen molar-refractivity contribution in [1.82, 2.24) is 0 Å². The van der Waals surface area contributed by atoms with Crippen LogP contribution in [0, 0.1) is 5.41 Å². The van der Waals surface area contributed by atoms with Gasteiger partial charge >= 0.3 is 0 Å². The molecule has 0 unspecified atom stereocenters. The summed E-state index contributed by atoms with van der Waals surface area (Å²) in [7, 11) is 0. The van der Waals surface area contributed by atoms with Crippen molar-refractivity contribution in [3.8, 4) is 0 Å². The Bertz CT molecular complexity index is 435. The number of ketones is 1. The fourth-order valence-electron chi connectivity index (χ4n) is 1.70. The van der Waals surface area contributed by atoms with Gasteiger partial charge in [-0.05, 0) is 12.1 Å². The van der Waals surface area contributed by atoms with Crippen LogP contribution >= 0.6 is 0 Å². The number of carbonyl (C=O) groups is 2. The summed E-state index contributed by atoms with van der Waals surface area (Å²) in [4.78, 5) is 23.7. The van der Waals surface area contributed by atoms with Crippen molar-refractivity contribution in [3.63, 3.8) is 0 Å². The molecule has 0 aliphatic carbocycles. The lowest BCUT2D eigenvalue weighted by Crippen LogP contribution is -2.30. The van der Waals surface area contributed by atoms with Crippen molar-refractivity contribution in [2.24, 2.45) is 5.41 Å². The number of fused-ring (bicyclic) bond motifs is 1. The Morgan fingerprint density at radius 1 is 1.20 bits per heavy atom. The molecule has 0 fully saturated rings. The number of anilines is 1. The standard InChI is InChI=1S/C12H13NO2/c1-12(2)7-10(14)8-5-3-4-6-9(8)13-11(12)15/h3-6H,7H2,1-2H3,(H,13,15). The van der Waals surface area contributed by atoms with Gasteiger partial charge in [0.1, 0.15) is 0 Å². The number of Topliss-reactive ketones (excluding diaryl/α,β-unsaturated/α-hetero) is 1. The Kier molecular flexibility index (Phi) is 2.11. The second-order valence-corrected chi connectivity index (χ2v) is 4.48. The van der Waals surface area contributed by atoms with Gasteiger partial charge in [-0.1, -0.05) is 26.0 Å². The summed E-state index contributed by atoms with van der Waals surface area (Å²) in [5, 5.41) is 2.78. The van der Waals surface area contributed by atoms with Gasteiger partial charge in [0.15, 0.2) is 5.78 Å². The summed E-state index contributed by atoms with van der Waals surface area (Å²) in [6.45, 7) is 3.57. The lowest BCUT2D eigenvalue weighted by Gasteiger charge is -2.18. The highest BCUT2D eigenvalue weighted by atomic mass is 16.2. The lowest BCUT2D eigenvalue weighted by atomic mass is 9.86. The van der Waals surface area contributed by atoms with E-state index in [2.05, 4.69) is 5.32 Å². The molecule has 0 bridgehead atoms. The second-order valence-electron chi connectivity index (χ2n) is 4.48. The summed E-state index contributed by atoms with van der Waals surface area (Å²) in [6, 6.07) is 7.12. The molecule has 1 N–H and O–H groups in total. The van der Waals surface area contributed by atoms with Crippen LogP contribution in [0.5, 0.6) is 0 Å². The molecule has 0 atom stereocenters. The van der Waals surface area contributed by atoms with E-state index in [1.165, 1.54) is 0 Å². The van der Waals surface area contributed by atoms with Gasteiger partial charge in [0, 0.05) is 12.0 Å². The molecule has 1 heterocycles. The van der Waals surface area contributed by atoms with Crippen LogP contribution in [0.4, 0.5) is 5.69 Å². The molecule has 3 nitrogen and oxygen atoms in total. The van der Waals surface area contributed by atoms with Crippen molar-refractivity contribution in [2.45, 2.75) is 20.3 Å². The predicted octanol–water partition coefficient (Wildman–Crippen LogP) is 2.24. The van der Waals surface area contributed by atoms with Crippen molar-refractivity contribution < 1.29 is 9.59 Å². The van der Waals surface area contributed by atoms with Gasteiger partial charge in [-0.25, -0.2) is 0 Å². The fraction of sp³-hybridized carbons (Fsp3) is 0.333. The molecular formula is C12H13NO2. The maximum atomic E-state index is 11.9. The van der Waals surface area contributed by atoms with Crippen molar-refractivity contribution in [1.29, 1.82) is 0 Å². The molecule has 1 aliphatic heterocycles. The summed E-state index contributed by atoms with van der Waals surface area (Å²) in [5.41, 5.74) is 0.602. The van der Waals surface area contributed by atoms with Crippen LogP contribution in [-0.4, -0.2) is 11.7 Å². The number of hydrogen-bond acceptors (Lipinski definition) is 2. The number of hydrogen-bond donors (Lipinski definition) is 1. The Balaban J connectivity index is 2.51. The number of benzene rings is 1. The van der Waals surface area contributed by atoms with Crippen molar-refractivity contribution in [3.05, 3.63) is 29.8 Å². The minimum Gasteiger partial charge on any atom is -0.325 e. The molecule has 15 heavy (non-hydrogen) atoms. The number of nitrogens with one attached hydrogen (secondary N) is 1. The summed E-state index contributed by atoms with van der Waals surface area (Å²) in [5.74, 6) is -0.0743. The highest BCUT2D eigenvalue weighted by Crippen LogP contribution is 2.31. The third kappa shape index (κ3) is 1.65. The van der Waals surface area contributed by atoms with Crippen LogP contribution in [0.15, 0.2) is 24.3 Å². The number of rotatable bonds is 0. The van der Waals surface area contributed by atoms with Gasteiger partial charge in [0.05, 0.1) is 11.1 Å². The van der Waals surface area contributed by atoms with E-state index in [0.29, 0.717) is 11.3 Å². The molecule has 0 saturated carbocycles. The minimum atomic E-state index is -0.629. The number of amides is 1. The Labute approximate surface area is 88.5 Å². The fourth-order valence-corrected chi connectivity index (χ4v) is 1.70. The first-order valence-electron chi connectivity index (χ1n) is 4.94. The van der Waals surface area contributed by atoms with E-state index in [1.807, 2.05) is 6.07 Å². The van der Waals surface area contributed by atoms with Gasteiger partial charge in [-0.15, -0.1) is 0 Å². The van der Waals surface area contributed by atoms with E-state index in [4.69, 9.17) is 0 Å². The molecular weight excluding hydrogens is 190 g/mol. The van der Waals surface area contributed by atoms with Gasteiger partial charge in [-0.3, -0.25) is 9.59 Å². The molecule has 0 saturated heterocycles. The minimum absolute atomic E-state index is 0.0222. The van der Waals surface area contributed by atoms with Gasteiger partial charge < -0.3 is 5.32 Å². The summed E-state index contributed by atoms with van der Waals surface area (Å²) in [6.07, 6.45) is 0.260. The molecule has 0 aromatic heterocycles. The molecule has 1 aliphatic rings. The highest BCUT2D eigenvalue weighted by Gasteiger charge is 2.34. The van der Waals surface area contributed by atoms with Crippen LogP contribution in [-0.2, 0) is 4.79 Å². The summed E-state index contributed by atoms with van der Waals surface area (Å²) >= 11 is 0. The lowest BCUT2D eigenvalue weighted by molar-refractivity contribution is -0.123. The van der Waals surface area contributed by atoms with Gasteiger partial charge in [0.2, 0.25) is 5.91 Å². The van der Waals surface area contributed by atoms with Gasteiger partial charge in [-0.2, -0.15) is 0 Å². The first-order valence-corrected chi connectivity index (χ1v) is 4.94. The smallest absolute Gasteiger partial charge is 0.230 e. The largest absolute Gasteiger partial charge is 0.325 e. The molecule has 2 rings (SSSR count). The zero-order valence-electron chi connectivity index (χ0n) is 8.83. The van der Waals surface area contributed by atoms with Gasteiger partial charge in [0.25, 0.3) is 0 Å². The molecule has 1 amide bonds. The average molecular weight is 203 g/mol. The Morgan fingerprint density at radius 2 is 1.87 bits per heavy atom. The molecule has 1 aromatic rings. The maximum absolute atomic E-state index is 11.9. The molecule has 0 spiro atoms. The van der Waals surface area contributed by atoms with E-state index in [1.54, 1.807) is 32.0 Å². The van der Waals surface area contributed by atoms with Crippen LogP contribution in [0.1, 0.15) is 30.6 Å². The SMILES string of the molecule is CC1(C)CC(=O)c2ccccc2NC1=O. The zero-order valence-corrected chi connectivity index (χ0v) is 8.83. The van der Waals surface area contributed by atoms with E-state index in [-0.39, 0.29) is 18.1 Å². The molecule has 3 heteroatoms. The topological polar surface area (TPSA) is 46.2 Å². The number of para-hydroxylation sites is 1. The normalized spacial score (nSPS) is 19.1.